The van der Waals surface area contributed by atoms with Gasteiger partial charge in [-0.05, 0) is 24.3 Å². The smallest absolute Gasteiger partial charge is 0.163 e. The minimum atomic E-state index is 0.658. The number of imidazole rings is 1. The number of nitrogens with one attached hydrogen (secondary N) is 1. The number of halogens is 1. The Morgan fingerprint density at radius 3 is 2.52 bits per heavy atom. The van der Waals surface area contributed by atoms with E-state index in [1.54, 1.807) is 14.2 Å². The van der Waals surface area contributed by atoms with Crippen LogP contribution in [0.3, 0.4) is 0 Å². The molecule has 0 amide bonds. The Kier molecular flexibility index (Phi) is 3.29. The van der Waals surface area contributed by atoms with Crippen LogP contribution in [-0.2, 0) is 0 Å². The molecule has 29 heavy (non-hydrogen) atoms. The molecule has 0 aliphatic carbocycles. The summed E-state index contributed by atoms with van der Waals surface area (Å²) in [6, 6.07) is 18.1. The average molecular weight is 402 g/mol. The molecule has 0 aliphatic rings. The first kappa shape index (κ1) is 16.5. The fourth-order valence-corrected chi connectivity index (χ4v) is 4.47. The molecule has 0 spiro atoms. The van der Waals surface area contributed by atoms with Crippen LogP contribution in [0.4, 0.5) is 0 Å². The van der Waals surface area contributed by atoms with Gasteiger partial charge < -0.3 is 14.5 Å². The summed E-state index contributed by atoms with van der Waals surface area (Å²) in [5.41, 5.74) is 5.84. The molecule has 0 aliphatic heterocycles. The molecule has 0 bridgehead atoms. The van der Waals surface area contributed by atoms with Crippen molar-refractivity contribution in [2.75, 3.05) is 14.2 Å². The van der Waals surface area contributed by atoms with Gasteiger partial charge in [0.2, 0.25) is 0 Å². The van der Waals surface area contributed by atoms with E-state index in [1.807, 2.05) is 36.4 Å². The maximum Gasteiger partial charge on any atom is 0.163 e. The number of ether oxygens (including phenoxy) is 2. The van der Waals surface area contributed by atoms with Crippen LogP contribution in [0.5, 0.6) is 11.5 Å². The summed E-state index contributed by atoms with van der Waals surface area (Å²) in [6.07, 6.45) is 0. The second-order valence-electron chi connectivity index (χ2n) is 7.05. The van der Waals surface area contributed by atoms with Crippen LogP contribution in [0.1, 0.15) is 0 Å². The summed E-state index contributed by atoms with van der Waals surface area (Å²) >= 11 is 6.33. The van der Waals surface area contributed by atoms with E-state index < -0.39 is 0 Å². The van der Waals surface area contributed by atoms with Gasteiger partial charge in [0.05, 0.1) is 41.7 Å². The summed E-state index contributed by atoms with van der Waals surface area (Å²) < 4.78 is 13.2. The minimum Gasteiger partial charge on any atom is -0.493 e. The number of benzene rings is 3. The summed E-state index contributed by atoms with van der Waals surface area (Å²) in [5.74, 6) is 1.33. The molecule has 0 radical (unpaired) electrons. The summed E-state index contributed by atoms with van der Waals surface area (Å²) in [7, 11) is 3.28. The number of aromatic amines is 1. The number of aromatic nitrogens is 3. The molecule has 0 unspecified atom stereocenters. The van der Waals surface area contributed by atoms with Crippen LogP contribution >= 0.6 is 11.6 Å². The monoisotopic (exact) mass is 401 g/mol. The predicted octanol–water partition coefficient (Wildman–Crippen LogP) is 5.95. The Hall–Kier alpha value is -3.44. The molecular formula is C23H16ClN3O2. The molecule has 3 aromatic heterocycles. The van der Waals surface area contributed by atoms with Gasteiger partial charge in [-0.1, -0.05) is 29.8 Å². The SMILES string of the molecule is COc1cc2nc3c4c5cc(Cl)ccc5[nH]c4c4ccccc4n3c2cc1OC. The van der Waals surface area contributed by atoms with Crippen molar-refractivity contribution in [2.24, 2.45) is 0 Å². The fourth-order valence-electron chi connectivity index (χ4n) is 4.29. The molecule has 0 saturated carbocycles. The van der Waals surface area contributed by atoms with Crippen molar-refractivity contribution < 1.29 is 9.47 Å². The Labute approximate surface area is 170 Å². The van der Waals surface area contributed by atoms with Crippen LogP contribution in [0, 0.1) is 0 Å². The lowest BCUT2D eigenvalue weighted by molar-refractivity contribution is 0.355. The van der Waals surface area contributed by atoms with Gasteiger partial charge in [-0.25, -0.2) is 4.98 Å². The molecule has 0 atom stereocenters. The van der Waals surface area contributed by atoms with Crippen LogP contribution in [0.2, 0.25) is 5.02 Å². The van der Waals surface area contributed by atoms with Crippen LogP contribution in [0.25, 0.3) is 49.4 Å². The van der Waals surface area contributed by atoms with Crippen molar-refractivity contribution >= 4 is 61.0 Å². The van der Waals surface area contributed by atoms with Gasteiger partial charge in [-0.3, -0.25) is 4.40 Å². The van der Waals surface area contributed by atoms with Crippen molar-refractivity contribution in [3.05, 3.63) is 59.6 Å². The molecule has 3 heterocycles. The van der Waals surface area contributed by atoms with E-state index in [4.69, 9.17) is 26.1 Å². The molecule has 0 saturated heterocycles. The molecule has 0 fully saturated rings. The summed E-state index contributed by atoms with van der Waals surface area (Å²) in [4.78, 5) is 8.56. The Balaban J connectivity index is 1.95. The highest BCUT2D eigenvalue weighted by atomic mass is 35.5. The third kappa shape index (κ3) is 2.13. The summed E-state index contributed by atoms with van der Waals surface area (Å²) in [5, 5.41) is 3.92. The standard InChI is InChI=1S/C23H16ClN3O2/c1-28-19-10-16-18(11-20(19)29-2)27-17-6-4-3-5-13(17)22-21(23(27)26-16)14-9-12(24)7-8-15(14)25-22/h3-11,25H,1-2H3. The van der Waals surface area contributed by atoms with E-state index in [2.05, 4.69) is 27.6 Å². The van der Waals surface area contributed by atoms with E-state index in [0.29, 0.717) is 16.5 Å². The lowest BCUT2D eigenvalue weighted by Crippen LogP contribution is -1.92. The molecule has 6 aromatic rings. The van der Waals surface area contributed by atoms with Gasteiger partial charge in [0.1, 0.15) is 5.65 Å². The van der Waals surface area contributed by atoms with Crippen molar-refractivity contribution in [3.63, 3.8) is 0 Å². The quantitative estimate of drug-likeness (QED) is 0.390. The van der Waals surface area contributed by atoms with Crippen molar-refractivity contribution in [3.8, 4) is 11.5 Å². The van der Waals surface area contributed by atoms with Crippen LogP contribution in [-0.4, -0.2) is 28.6 Å². The molecule has 1 N–H and O–H groups in total. The molecule has 6 heteroatoms. The largest absolute Gasteiger partial charge is 0.493 e. The van der Waals surface area contributed by atoms with Gasteiger partial charge in [0.15, 0.2) is 11.5 Å². The Morgan fingerprint density at radius 2 is 1.69 bits per heavy atom. The highest BCUT2D eigenvalue weighted by Gasteiger charge is 2.19. The Bertz CT molecular complexity index is 1600. The third-order valence-corrected chi connectivity index (χ3v) is 5.79. The van der Waals surface area contributed by atoms with Gasteiger partial charge in [-0.2, -0.15) is 0 Å². The average Bonchev–Trinajstić information content (AvgIpc) is 3.30. The highest BCUT2D eigenvalue weighted by molar-refractivity contribution is 6.32. The number of H-pyrrole nitrogens is 1. The van der Waals surface area contributed by atoms with E-state index in [0.717, 1.165) is 49.4 Å². The van der Waals surface area contributed by atoms with E-state index in [1.165, 1.54) is 0 Å². The summed E-state index contributed by atoms with van der Waals surface area (Å²) in [6.45, 7) is 0. The molecular weight excluding hydrogens is 386 g/mol. The minimum absolute atomic E-state index is 0.658. The van der Waals surface area contributed by atoms with Crippen LogP contribution in [0.15, 0.2) is 54.6 Å². The lowest BCUT2D eigenvalue weighted by atomic mass is 10.1. The number of nitrogens with zero attached hydrogens (tertiary/aromatic N) is 2. The normalized spacial score (nSPS) is 12.0. The molecule has 142 valence electrons. The van der Waals surface area contributed by atoms with Crippen LogP contribution < -0.4 is 9.47 Å². The molecule has 3 aromatic carbocycles. The second kappa shape index (κ2) is 5.78. The van der Waals surface area contributed by atoms with E-state index in [-0.39, 0.29) is 0 Å². The van der Waals surface area contributed by atoms with Gasteiger partial charge in [0.25, 0.3) is 0 Å². The zero-order valence-corrected chi connectivity index (χ0v) is 16.5. The van der Waals surface area contributed by atoms with Gasteiger partial charge >= 0.3 is 0 Å². The van der Waals surface area contributed by atoms with Crippen molar-refractivity contribution in [2.45, 2.75) is 0 Å². The zero-order valence-electron chi connectivity index (χ0n) is 15.8. The number of fused-ring (bicyclic) bond motifs is 10. The number of hydrogen-bond acceptors (Lipinski definition) is 3. The molecule has 6 rings (SSSR count). The third-order valence-electron chi connectivity index (χ3n) is 5.56. The first-order valence-electron chi connectivity index (χ1n) is 9.25. The number of pyridine rings is 1. The number of methoxy groups -OCH3 is 2. The Morgan fingerprint density at radius 1 is 0.897 bits per heavy atom. The number of para-hydroxylation sites is 1. The number of hydrogen-bond donors (Lipinski definition) is 1. The highest BCUT2D eigenvalue weighted by Crippen LogP contribution is 2.39. The zero-order chi connectivity index (χ0) is 19.7. The second-order valence-corrected chi connectivity index (χ2v) is 7.49. The van der Waals surface area contributed by atoms with E-state index in [9.17, 15) is 0 Å². The lowest BCUT2D eigenvalue weighted by Gasteiger charge is -2.08. The first-order valence-corrected chi connectivity index (χ1v) is 9.63. The fraction of sp³-hybridized carbons (Fsp3) is 0.0870. The first-order chi connectivity index (χ1) is 14.2. The molecule has 5 nitrogen and oxygen atoms in total. The van der Waals surface area contributed by atoms with E-state index >= 15 is 0 Å². The number of rotatable bonds is 2. The maximum atomic E-state index is 6.33. The topological polar surface area (TPSA) is 51.5 Å². The van der Waals surface area contributed by atoms with Crippen molar-refractivity contribution in [1.29, 1.82) is 0 Å². The van der Waals surface area contributed by atoms with Gasteiger partial charge in [-0.15, -0.1) is 0 Å². The predicted molar refractivity (Wildman–Crippen MR) is 118 cm³/mol. The van der Waals surface area contributed by atoms with Crippen molar-refractivity contribution in [1.82, 2.24) is 14.4 Å². The maximum absolute atomic E-state index is 6.33. The van der Waals surface area contributed by atoms with Gasteiger partial charge in [0, 0.05) is 33.4 Å².